The highest BCUT2D eigenvalue weighted by Gasteiger charge is 2.28. The SMILES string of the molecule is Cc1ccc(CC(C)(CC(=O)O)Cc2ccccc2)cc1. The number of carboxylic acids is 1. The Labute approximate surface area is 126 Å². The molecule has 0 fully saturated rings. The number of carboxylic acid groups (broad SMARTS) is 1. The zero-order valence-corrected chi connectivity index (χ0v) is 12.7. The molecular formula is C19H22O2. The maximum absolute atomic E-state index is 11.2. The Morgan fingerprint density at radius 3 is 2.00 bits per heavy atom. The molecule has 2 heteroatoms. The Balaban J connectivity index is 2.19. The van der Waals surface area contributed by atoms with Gasteiger partial charge in [0.05, 0.1) is 6.42 Å². The molecule has 2 nitrogen and oxygen atoms in total. The normalized spacial score (nSPS) is 13.6. The van der Waals surface area contributed by atoms with Gasteiger partial charge in [0.1, 0.15) is 0 Å². The van der Waals surface area contributed by atoms with E-state index in [1.54, 1.807) is 0 Å². The molecule has 2 rings (SSSR count). The first-order valence-electron chi connectivity index (χ1n) is 7.28. The minimum absolute atomic E-state index is 0.176. The quantitative estimate of drug-likeness (QED) is 0.859. The molecule has 1 N–H and O–H groups in total. The molecule has 21 heavy (non-hydrogen) atoms. The summed E-state index contributed by atoms with van der Waals surface area (Å²) in [4.78, 5) is 11.2. The van der Waals surface area contributed by atoms with Gasteiger partial charge in [-0.2, -0.15) is 0 Å². The summed E-state index contributed by atoms with van der Waals surface area (Å²) in [6.07, 6.45) is 1.72. The predicted octanol–water partition coefficient (Wildman–Crippen LogP) is 4.26. The zero-order valence-electron chi connectivity index (χ0n) is 12.7. The largest absolute Gasteiger partial charge is 0.481 e. The van der Waals surface area contributed by atoms with E-state index < -0.39 is 5.97 Å². The molecule has 0 heterocycles. The van der Waals surface area contributed by atoms with E-state index in [0.29, 0.717) is 0 Å². The van der Waals surface area contributed by atoms with Gasteiger partial charge in [-0.3, -0.25) is 4.79 Å². The standard InChI is InChI=1S/C19H22O2/c1-15-8-10-17(11-9-15)13-19(2,14-18(20)21)12-16-6-4-3-5-7-16/h3-11H,12-14H2,1-2H3,(H,20,21). The molecule has 0 saturated carbocycles. The Morgan fingerprint density at radius 1 is 0.952 bits per heavy atom. The molecular weight excluding hydrogens is 260 g/mol. The van der Waals surface area contributed by atoms with Crippen LogP contribution >= 0.6 is 0 Å². The first kappa shape index (κ1) is 15.3. The van der Waals surface area contributed by atoms with Gasteiger partial charge in [-0.1, -0.05) is 67.1 Å². The summed E-state index contributed by atoms with van der Waals surface area (Å²) in [5.74, 6) is -0.736. The second-order valence-corrected chi connectivity index (χ2v) is 6.21. The number of aliphatic carboxylic acids is 1. The van der Waals surface area contributed by atoms with Crippen LogP contribution in [0.5, 0.6) is 0 Å². The highest BCUT2D eigenvalue weighted by Crippen LogP contribution is 2.31. The molecule has 0 aliphatic rings. The summed E-state index contributed by atoms with van der Waals surface area (Å²) in [5, 5.41) is 9.25. The summed E-state index contributed by atoms with van der Waals surface area (Å²) >= 11 is 0. The fourth-order valence-electron chi connectivity index (χ4n) is 2.84. The third-order valence-electron chi connectivity index (χ3n) is 3.80. The van der Waals surface area contributed by atoms with Crippen LogP contribution in [0.2, 0.25) is 0 Å². The number of hydrogen-bond donors (Lipinski definition) is 1. The van der Waals surface area contributed by atoms with Crippen molar-refractivity contribution in [3.63, 3.8) is 0 Å². The lowest BCUT2D eigenvalue weighted by Gasteiger charge is -2.28. The first-order chi connectivity index (χ1) is 9.97. The van der Waals surface area contributed by atoms with Crippen LogP contribution in [-0.4, -0.2) is 11.1 Å². The summed E-state index contributed by atoms with van der Waals surface area (Å²) in [7, 11) is 0. The lowest BCUT2D eigenvalue weighted by atomic mass is 9.76. The number of hydrogen-bond acceptors (Lipinski definition) is 1. The summed E-state index contributed by atoms with van der Waals surface area (Å²) in [6, 6.07) is 18.5. The van der Waals surface area contributed by atoms with Crippen LogP contribution in [0.15, 0.2) is 54.6 Å². The van der Waals surface area contributed by atoms with Gasteiger partial charge < -0.3 is 5.11 Å². The van der Waals surface area contributed by atoms with Crippen LogP contribution in [0.3, 0.4) is 0 Å². The summed E-state index contributed by atoms with van der Waals surface area (Å²) < 4.78 is 0. The maximum Gasteiger partial charge on any atom is 0.303 e. The van der Waals surface area contributed by atoms with E-state index >= 15 is 0 Å². The van der Waals surface area contributed by atoms with Crippen molar-refractivity contribution in [3.8, 4) is 0 Å². The Bertz CT molecular complexity index is 587. The molecule has 0 bridgehead atoms. The van der Waals surface area contributed by atoms with Gasteiger partial charge in [-0.05, 0) is 36.3 Å². The first-order valence-corrected chi connectivity index (χ1v) is 7.28. The number of benzene rings is 2. The molecule has 0 radical (unpaired) electrons. The topological polar surface area (TPSA) is 37.3 Å². The number of rotatable bonds is 6. The fraction of sp³-hybridized carbons (Fsp3) is 0.316. The van der Waals surface area contributed by atoms with Crippen molar-refractivity contribution >= 4 is 5.97 Å². The number of carbonyl (C=O) groups is 1. The second-order valence-electron chi connectivity index (χ2n) is 6.21. The van der Waals surface area contributed by atoms with Crippen molar-refractivity contribution in [2.75, 3.05) is 0 Å². The van der Waals surface area contributed by atoms with Crippen LogP contribution in [-0.2, 0) is 17.6 Å². The molecule has 110 valence electrons. The highest BCUT2D eigenvalue weighted by atomic mass is 16.4. The minimum atomic E-state index is -0.736. The van der Waals surface area contributed by atoms with Crippen LogP contribution in [0.1, 0.15) is 30.0 Å². The molecule has 2 aromatic carbocycles. The highest BCUT2D eigenvalue weighted by molar-refractivity contribution is 5.67. The van der Waals surface area contributed by atoms with Gasteiger partial charge in [-0.25, -0.2) is 0 Å². The maximum atomic E-state index is 11.2. The van der Waals surface area contributed by atoms with Gasteiger partial charge in [-0.15, -0.1) is 0 Å². The van der Waals surface area contributed by atoms with E-state index in [1.807, 2.05) is 18.2 Å². The Hall–Kier alpha value is -2.09. The molecule has 0 amide bonds. The molecule has 0 spiro atoms. The average Bonchev–Trinajstić information content (AvgIpc) is 2.41. The van der Waals surface area contributed by atoms with Gasteiger partial charge in [0.25, 0.3) is 0 Å². The molecule has 2 aromatic rings. The third kappa shape index (κ3) is 4.75. The van der Waals surface area contributed by atoms with E-state index in [1.165, 1.54) is 16.7 Å². The average molecular weight is 282 g/mol. The molecule has 1 atom stereocenters. The molecule has 0 aliphatic heterocycles. The van der Waals surface area contributed by atoms with E-state index in [0.717, 1.165) is 12.8 Å². The van der Waals surface area contributed by atoms with Crippen LogP contribution in [0, 0.1) is 12.3 Å². The van der Waals surface area contributed by atoms with Crippen LogP contribution in [0.4, 0.5) is 0 Å². The van der Waals surface area contributed by atoms with Crippen LogP contribution < -0.4 is 0 Å². The monoisotopic (exact) mass is 282 g/mol. The van der Waals surface area contributed by atoms with Gasteiger partial charge in [0, 0.05) is 0 Å². The molecule has 0 saturated heterocycles. The van der Waals surface area contributed by atoms with Crippen LogP contribution in [0.25, 0.3) is 0 Å². The smallest absolute Gasteiger partial charge is 0.303 e. The lowest BCUT2D eigenvalue weighted by Crippen LogP contribution is -2.26. The Kier molecular flexibility index (Phi) is 4.79. The van der Waals surface area contributed by atoms with Gasteiger partial charge >= 0.3 is 5.97 Å². The van der Waals surface area contributed by atoms with Gasteiger partial charge in [0.2, 0.25) is 0 Å². The van der Waals surface area contributed by atoms with Gasteiger partial charge in [0.15, 0.2) is 0 Å². The van der Waals surface area contributed by atoms with Crippen molar-refractivity contribution in [3.05, 3.63) is 71.3 Å². The van der Waals surface area contributed by atoms with Crippen molar-refractivity contribution in [2.24, 2.45) is 5.41 Å². The molecule has 1 unspecified atom stereocenters. The van der Waals surface area contributed by atoms with E-state index in [9.17, 15) is 9.90 Å². The predicted molar refractivity (Wildman–Crippen MR) is 85.4 cm³/mol. The lowest BCUT2D eigenvalue weighted by molar-refractivity contribution is -0.139. The third-order valence-corrected chi connectivity index (χ3v) is 3.80. The molecule has 0 aromatic heterocycles. The van der Waals surface area contributed by atoms with Crippen molar-refractivity contribution in [2.45, 2.75) is 33.1 Å². The summed E-state index contributed by atoms with van der Waals surface area (Å²) in [6.45, 7) is 4.12. The Morgan fingerprint density at radius 2 is 1.48 bits per heavy atom. The zero-order chi connectivity index (χ0) is 15.3. The van der Waals surface area contributed by atoms with E-state index in [2.05, 4.69) is 50.2 Å². The molecule has 0 aliphatic carbocycles. The van der Waals surface area contributed by atoms with E-state index in [-0.39, 0.29) is 11.8 Å². The van der Waals surface area contributed by atoms with Crippen molar-refractivity contribution < 1.29 is 9.90 Å². The van der Waals surface area contributed by atoms with Crippen molar-refractivity contribution in [1.82, 2.24) is 0 Å². The summed E-state index contributed by atoms with van der Waals surface area (Å²) in [5.41, 5.74) is 3.33. The second kappa shape index (κ2) is 6.57. The fourth-order valence-corrected chi connectivity index (χ4v) is 2.84. The van der Waals surface area contributed by atoms with Crippen molar-refractivity contribution in [1.29, 1.82) is 0 Å². The number of aryl methyl sites for hydroxylation is 1. The van der Waals surface area contributed by atoms with E-state index in [4.69, 9.17) is 0 Å². The minimum Gasteiger partial charge on any atom is -0.481 e.